The molecule has 19 heavy (non-hydrogen) atoms. The molecular weight excluding hydrogens is 242 g/mol. The Balaban J connectivity index is 1.78. The average Bonchev–Trinajstić information content (AvgIpc) is 3.10. The van der Waals surface area contributed by atoms with Gasteiger partial charge in [0.15, 0.2) is 0 Å². The predicted molar refractivity (Wildman–Crippen MR) is 70.4 cm³/mol. The summed E-state index contributed by atoms with van der Waals surface area (Å²) in [4.78, 5) is 13.4. The van der Waals surface area contributed by atoms with Crippen LogP contribution in [0, 0.1) is 0 Å². The first-order chi connectivity index (χ1) is 9.33. The molecule has 0 fully saturated rings. The Morgan fingerprint density at radius 2 is 2.11 bits per heavy atom. The Bertz CT molecular complexity index is 632. The second-order valence-corrected chi connectivity index (χ2v) is 4.16. The lowest BCUT2D eigenvalue weighted by Crippen LogP contribution is -2.17. The summed E-state index contributed by atoms with van der Waals surface area (Å²) in [5.74, 6) is 1.43. The summed E-state index contributed by atoms with van der Waals surface area (Å²) in [6.07, 6.45) is 3.50. The van der Waals surface area contributed by atoms with Crippen LogP contribution < -0.4 is 4.90 Å². The lowest BCUT2D eigenvalue weighted by Gasteiger charge is -2.10. The van der Waals surface area contributed by atoms with Crippen LogP contribution >= 0.6 is 0 Å². The van der Waals surface area contributed by atoms with Crippen LogP contribution in [0.1, 0.15) is 5.82 Å². The molecule has 6 nitrogen and oxygen atoms in total. The van der Waals surface area contributed by atoms with E-state index < -0.39 is 0 Å². The number of hydrogen-bond donors (Lipinski definition) is 1. The van der Waals surface area contributed by atoms with Crippen molar-refractivity contribution in [3.8, 4) is 11.4 Å². The predicted octanol–water partition coefficient (Wildman–Crippen LogP) is 2.10. The van der Waals surface area contributed by atoms with E-state index in [1.807, 2.05) is 42.3 Å². The first-order valence-corrected chi connectivity index (χ1v) is 5.91. The van der Waals surface area contributed by atoms with Crippen molar-refractivity contribution >= 4 is 6.01 Å². The van der Waals surface area contributed by atoms with Crippen LogP contribution in [-0.2, 0) is 6.54 Å². The topological polar surface area (TPSA) is 70.8 Å². The zero-order valence-corrected chi connectivity index (χ0v) is 10.4. The second-order valence-electron chi connectivity index (χ2n) is 4.16. The van der Waals surface area contributed by atoms with Gasteiger partial charge in [0, 0.05) is 25.0 Å². The van der Waals surface area contributed by atoms with E-state index in [9.17, 15) is 0 Å². The van der Waals surface area contributed by atoms with E-state index in [2.05, 4.69) is 20.1 Å². The number of nitrogens with one attached hydrogen (secondary N) is 1. The Kier molecular flexibility index (Phi) is 2.97. The molecule has 3 aromatic rings. The Hall–Kier alpha value is -2.63. The smallest absolute Gasteiger partial charge is 0.324 e. The number of rotatable bonds is 4. The fraction of sp³-hybridized carbons (Fsp3) is 0.154. The highest BCUT2D eigenvalue weighted by molar-refractivity contribution is 5.55. The molecule has 2 aromatic heterocycles. The van der Waals surface area contributed by atoms with E-state index in [4.69, 9.17) is 4.52 Å². The van der Waals surface area contributed by atoms with Gasteiger partial charge in [-0.25, -0.2) is 4.98 Å². The quantitative estimate of drug-likeness (QED) is 0.773. The van der Waals surface area contributed by atoms with Gasteiger partial charge < -0.3 is 14.4 Å². The number of aromatic nitrogens is 4. The van der Waals surface area contributed by atoms with E-state index in [1.54, 1.807) is 12.4 Å². The second kappa shape index (κ2) is 4.93. The van der Waals surface area contributed by atoms with Gasteiger partial charge in [0.1, 0.15) is 5.82 Å². The number of imidazole rings is 1. The Morgan fingerprint density at radius 3 is 2.84 bits per heavy atom. The van der Waals surface area contributed by atoms with Crippen LogP contribution in [0.25, 0.3) is 11.4 Å². The first-order valence-electron chi connectivity index (χ1n) is 5.91. The van der Waals surface area contributed by atoms with Crippen molar-refractivity contribution in [2.45, 2.75) is 6.54 Å². The van der Waals surface area contributed by atoms with Gasteiger partial charge in [-0.1, -0.05) is 35.5 Å². The van der Waals surface area contributed by atoms with Crippen molar-refractivity contribution < 1.29 is 4.52 Å². The van der Waals surface area contributed by atoms with Crippen LogP contribution in [0.15, 0.2) is 47.2 Å². The third-order valence-corrected chi connectivity index (χ3v) is 2.72. The zero-order chi connectivity index (χ0) is 13.1. The van der Waals surface area contributed by atoms with E-state index in [0.29, 0.717) is 18.4 Å². The summed E-state index contributed by atoms with van der Waals surface area (Å²) in [5.41, 5.74) is 0.934. The SMILES string of the molecule is CN(Cc1ncc[nH]1)c1nc(-c2ccccc2)no1. The monoisotopic (exact) mass is 255 g/mol. The lowest BCUT2D eigenvalue weighted by molar-refractivity contribution is 0.417. The van der Waals surface area contributed by atoms with Crippen LogP contribution in [0.2, 0.25) is 0 Å². The molecule has 0 saturated carbocycles. The molecule has 0 unspecified atom stereocenters. The summed E-state index contributed by atoms with van der Waals surface area (Å²) in [6.45, 7) is 0.587. The van der Waals surface area contributed by atoms with Crippen molar-refractivity contribution in [2.75, 3.05) is 11.9 Å². The van der Waals surface area contributed by atoms with Crippen molar-refractivity contribution in [3.05, 3.63) is 48.5 Å². The molecule has 0 atom stereocenters. The number of anilines is 1. The molecule has 0 spiro atoms. The van der Waals surface area contributed by atoms with Crippen LogP contribution in [0.5, 0.6) is 0 Å². The molecule has 6 heteroatoms. The van der Waals surface area contributed by atoms with Crippen molar-refractivity contribution in [1.29, 1.82) is 0 Å². The summed E-state index contributed by atoms with van der Waals surface area (Å²) in [6, 6.07) is 10.2. The fourth-order valence-corrected chi connectivity index (χ4v) is 1.75. The molecule has 0 aliphatic rings. The number of benzene rings is 1. The molecule has 0 bridgehead atoms. The highest BCUT2D eigenvalue weighted by atomic mass is 16.5. The van der Waals surface area contributed by atoms with Crippen molar-refractivity contribution in [3.63, 3.8) is 0 Å². The number of aromatic amines is 1. The standard InChI is InChI=1S/C13H13N5O/c1-18(9-11-14-7-8-15-11)13-16-12(17-19-13)10-5-3-2-4-6-10/h2-8H,9H2,1H3,(H,14,15). The van der Waals surface area contributed by atoms with Gasteiger partial charge >= 0.3 is 6.01 Å². The molecular formula is C13H13N5O. The summed E-state index contributed by atoms with van der Waals surface area (Å²) >= 11 is 0. The maximum absolute atomic E-state index is 5.25. The third kappa shape index (κ3) is 2.47. The van der Waals surface area contributed by atoms with E-state index in [1.165, 1.54) is 0 Å². The van der Waals surface area contributed by atoms with Gasteiger partial charge in [-0.15, -0.1) is 0 Å². The van der Waals surface area contributed by atoms with Gasteiger partial charge in [0.2, 0.25) is 5.82 Å². The Labute approximate surface area is 110 Å². The molecule has 0 aliphatic carbocycles. The number of hydrogen-bond acceptors (Lipinski definition) is 5. The lowest BCUT2D eigenvalue weighted by atomic mass is 10.2. The molecule has 96 valence electrons. The normalized spacial score (nSPS) is 10.6. The molecule has 2 heterocycles. The van der Waals surface area contributed by atoms with Gasteiger partial charge in [-0.2, -0.15) is 4.98 Å². The largest absolute Gasteiger partial charge is 0.347 e. The molecule has 1 aromatic carbocycles. The molecule has 0 aliphatic heterocycles. The number of nitrogens with zero attached hydrogens (tertiary/aromatic N) is 4. The summed E-state index contributed by atoms with van der Waals surface area (Å²) in [7, 11) is 1.88. The highest BCUT2D eigenvalue weighted by Gasteiger charge is 2.13. The molecule has 0 saturated heterocycles. The van der Waals surface area contributed by atoms with E-state index in [0.717, 1.165) is 11.4 Å². The van der Waals surface area contributed by atoms with Crippen LogP contribution in [0.3, 0.4) is 0 Å². The molecule has 3 rings (SSSR count). The fourth-order valence-electron chi connectivity index (χ4n) is 1.75. The third-order valence-electron chi connectivity index (χ3n) is 2.72. The zero-order valence-electron chi connectivity index (χ0n) is 10.4. The maximum atomic E-state index is 5.25. The summed E-state index contributed by atoms with van der Waals surface area (Å²) < 4.78 is 5.25. The molecule has 0 radical (unpaired) electrons. The van der Waals surface area contributed by atoms with Gasteiger partial charge in [-0.05, 0) is 0 Å². The van der Waals surface area contributed by atoms with Gasteiger partial charge in [-0.3, -0.25) is 0 Å². The summed E-state index contributed by atoms with van der Waals surface area (Å²) in [5, 5.41) is 3.98. The van der Waals surface area contributed by atoms with Crippen LogP contribution in [0.4, 0.5) is 6.01 Å². The van der Waals surface area contributed by atoms with E-state index >= 15 is 0 Å². The van der Waals surface area contributed by atoms with Gasteiger partial charge in [0.25, 0.3) is 0 Å². The van der Waals surface area contributed by atoms with Crippen molar-refractivity contribution in [1.82, 2.24) is 20.1 Å². The Morgan fingerprint density at radius 1 is 1.26 bits per heavy atom. The minimum atomic E-state index is 0.468. The first kappa shape index (κ1) is 11.5. The van der Waals surface area contributed by atoms with Gasteiger partial charge in [0.05, 0.1) is 6.54 Å². The average molecular weight is 255 g/mol. The minimum Gasteiger partial charge on any atom is -0.347 e. The molecule has 0 amide bonds. The maximum Gasteiger partial charge on any atom is 0.324 e. The number of H-pyrrole nitrogens is 1. The molecule has 1 N–H and O–H groups in total. The highest BCUT2D eigenvalue weighted by Crippen LogP contribution is 2.19. The van der Waals surface area contributed by atoms with Crippen LogP contribution in [-0.4, -0.2) is 27.2 Å². The van der Waals surface area contributed by atoms with Crippen molar-refractivity contribution in [2.24, 2.45) is 0 Å². The minimum absolute atomic E-state index is 0.468. The van der Waals surface area contributed by atoms with E-state index in [-0.39, 0.29) is 0 Å².